The number of carbonyl (C=O) groups is 1. The number of hydrogen-bond acceptors (Lipinski definition) is 8. The van der Waals surface area contributed by atoms with Gasteiger partial charge in [0.2, 0.25) is 11.8 Å². The number of ether oxygens (including phenoxy) is 1. The summed E-state index contributed by atoms with van der Waals surface area (Å²) in [6.45, 7) is 3.90. The van der Waals surface area contributed by atoms with Crippen molar-refractivity contribution in [1.82, 2.24) is 14.5 Å². The molecule has 3 N–H and O–H groups in total. The van der Waals surface area contributed by atoms with E-state index in [-0.39, 0.29) is 28.1 Å². The SMILES string of the molecule is CNc1ncc(N=C(C2=C(N)C(=O)N(c3cc(Cl)c(=O)n(C)c3)C2c2ccc(Cl)cc2)C(C)C)c(OC)n1. The number of aromatic nitrogens is 3. The van der Waals surface area contributed by atoms with Crippen molar-refractivity contribution in [2.45, 2.75) is 19.9 Å². The Morgan fingerprint density at radius 1 is 1.21 bits per heavy atom. The van der Waals surface area contributed by atoms with Crippen molar-refractivity contribution < 1.29 is 9.53 Å². The Balaban J connectivity index is 1.96. The fourth-order valence-corrected chi connectivity index (χ4v) is 4.64. The largest absolute Gasteiger partial charge is 0.479 e. The van der Waals surface area contributed by atoms with Crippen LogP contribution in [0.5, 0.6) is 5.88 Å². The van der Waals surface area contributed by atoms with E-state index < -0.39 is 11.9 Å². The minimum atomic E-state index is -0.682. The second kappa shape index (κ2) is 10.8. The van der Waals surface area contributed by atoms with Gasteiger partial charge in [0.05, 0.1) is 30.7 Å². The number of anilines is 2. The number of halogens is 2. The molecule has 1 atom stereocenters. The fourth-order valence-electron chi connectivity index (χ4n) is 4.27. The molecule has 10 nitrogen and oxygen atoms in total. The highest BCUT2D eigenvalue weighted by atomic mass is 35.5. The molecule has 1 amide bonds. The molecule has 0 fully saturated rings. The van der Waals surface area contributed by atoms with Crippen LogP contribution >= 0.6 is 23.2 Å². The maximum atomic E-state index is 13.7. The van der Waals surface area contributed by atoms with Gasteiger partial charge < -0.3 is 20.4 Å². The number of carbonyl (C=O) groups excluding carboxylic acids is 1. The second-order valence-corrected chi connectivity index (χ2v) is 9.75. The Labute approximate surface area is 229 Å². The van der Waals surface area contributed by atoms with Crippen molar-refractivity contribution in [3.05, 3.63) is 80.0 Å². The third-order valence-electron chi connectivity index (χ3n) is 6.08. The maximum absolute atomic E-state index is 13.7. The van der Waals surface area contributed by atoms with Gasteiger partial charge in [-0.1, -0.05) is 49.2 Å². The number of pyridine rings is 1. The normalized spacial score (nSPS) is 16.0. The van der Waals surface area contributed by atoms with Gasteiger partial charge in [-0.25, -0.2) is 9.98 Å². The molecule has 198 valence electrons. The summed E-state index contributed by atoms with van der Waals surface area (Å²) < 4.78 is 6.77. The number of amides is 1. The van der Waals surface area contributed by atoms with E-state index in [1.54, 1.807) is 32.4 Å². The van der Waals surface area contributed by atoms with E-state index >= 15 is 0 Å². The highest BCUT2D eigenvalue weighted by molar-refractivity contribution is 6.31. The molecule has 3 heterocycles. The number of nitrogens with two attached hydrogens (primary N) is 1. The van der Waals surface area contributed by atoms with Gasteiger partial charge in [-0.15, -0.1) is 0 Å². The Kier molecular flexibility index (Phi) is 7.75. The van der Waals surface area contributed by atoms with Crippen LogP contribution < -0.4 is 26.2 Å². The summed E-state index contributed by atoms with van der Waals surface area (Å²) in [4.78, 5) is 41.0. The lowest BCUT2D eigenvalue weighted by molar-refractivity contribution is -0.114. The second-order valence-electron chi connectivity index (χ2n) is 8.91. The summed E-state index contributed by atoms with van der Waals surface area (Å²) in [5.41, 5.74) is 8.75. The summed E-state index contributed by atoms with van der Waals surface area (Å²) in [6, 6.07) is 7.88. The molecule has 1 unspecified atom stereocenters. The molecule has 0 saturated carbocycles. The summed E-state index contributed by atoms with van der Waals surface area (Å²) in [7, 11) is 4.75. The zero-order valence-electron chi connectivity index (χ0n) is 21.5. The predicted octanol–water partition coefficient (Wildman–Crippen LogP) is 4.26. The van der Waals surface area contributed by atoms with E-state index in [0.29, 0.717) is 33.6 Å². The number of nitrogens with one attached hydrogen (secondary N) is 1. The smallest absolute Gasteiger partial charge is 0.275 e. The number of methoxy groups -OCH3 is 1. The highest BCUT2D eigenvalue weighted by Gasteiger charge is 2.43. The highest BCUT2D eigenvalue weighted by Crippen LogP contribution is 2.43. The molecule has 3 aromatic rings. The summed E-state index contributed by atoms with van der Waals surface area (Å²) in [5.74, 6) is 0.0226. The van der Waals surface area contributed by atoms with E-state index in [1.807, 2.05) is 26.0 Å². The first-order valence-corrected chi connectivity index (χ1v) is 12.5. The first-order valence-electron chi connectivity index (χ1n) is 11.7. The standard InChI is InChI=1S/C26H27Cl2N7O3/c1-13(2)21(32-18-11-31-26(30-3)33-23(18)38-5)19-20(29)25(37)35(16-10-17(28)24(36)34(4)12-16)22(19)14-6-8-15(27)9-7-14/h6-13,22H,29H2,1-5H3,(H,30,31,33). The van der Waals surface area contributed by atoms with Crippen LogP contribution in [0.2, 0.25) is 10.0 Å². The Bertz CT molecular complexity index is 1490. The number of benzene rings is 1. The molecule has 12 heteroatoms. The van der Waals surface area contributed by atoms with Crippen molar-refractivity contribution in [2.24, 2.45) is 23.7 Å². The van der Waals surface area contributed by atoms with Crippen LogP contribution in [-0.2, 0) is 11.8 Å². The van der Waals surface area contributed by atoms with Gasteiger partial charge in [-0.05, 0) is 29.7 Å². The molecule has 2 aromatic heterocycles. The summed E-state index contributed by atoms with van der Waals surface area (Å²) in [5, 5.41) is 3.38. The topological polar surface area (TPSA) is 128 Å². The average Bonchev–Trinajstić information content (AvgIpc) is 3.15. The van der Waals surface area contributed by atoms with Crippen LogP contribution in [0.15, 0.2) is 63.8 Å². The van der Waals surface area contributed by atoms with Crippen LogP contribution in [0.4, 0.5) is 17.3 Å². The zero-order chi connectivity index (χ0) is 27.7. The van der Waals surface area contributed by atoms with Gasteiger partial charge in [0.25, 0.3) is 11.5 Å². The first-order chi connectivity index (χ1) is 18.1. The van der Waals surface area contributed by atoms with Crippen LogP contribution in [0.25, 0.3) is 0 Å². The lowest BCUT2D eigenvalue weighted by Crippen LogP contribution is -2.33. The molecule has 1 aliphatic rings. The van der Waals surface area contributed by atoms with Crippen LogP contribution in [-0.4, -0.2) is 40.3 Å². The Morgan fingerprint density at radius 2 is 1.89 bits per heavy atom. The van der Waals surface area contributed by atoms with Crippen LogP contribution in [0.3, 0.4) is 0 Å². The number of nitrogens with zero attached hydrogens (tertiary/aromatic N) is 5. The van der Waals surface area contributed by atoms with Gasteiger partial charge in [-0.2, -0.15) is 4.98 Å². The van der Waals surface area contributed by atoms with E-state index in [1.165, 1.54) is 28.8 Å². The number of hydrogen-bond donors (Lipinski definition) is 2. The quantitative estimate of drug-likeness (QED) is 0.416. The van der Waals surface area contributed by atoms with Gasteiger partial charge in [-0.3, -0.25) is 14.5 Å². The van der Waals surface area contributed by atoms with Gasteiger partial charge in [0.15, 0.2) is 0 Å². The molecule has 0 saturated heterocycles. The van der Waals surface area contributed by atoms with Crippen molar-refractivity contribution >= 4 is 52.1 Å². The molecular formula is C26H27Cl2N7O3. The third-order valence-corrected chi connectivity index (χ3v) is 6.60. The molecule has 0 bridgehead atoms. The minimum Gasteiger partial charge on any atom is -0.479 e. The Hall–Kier alpha value is -3.89. The molecule has 1 aliphatic heterocycles. The lowest BCUT2D eigenvalue weighted by atomic mass is 9.90. The van der Waals surface area contributed by atoms with Crippen molar-refractivity contribution in [3.63, 3.8) is 0 Å². The van der Waals surface area contributed by atoms with Crippen molar-refractivity contribution in [3.8, 4) is 5.88 Å². The number of aryl methyl sites for hydroxylation is 1. The molecule has 1 aromatic carbocycles. The molecule has 4 rings (SSSR count). The monoisotopic (exact) mass is 555 g/mol. The van der Waals surface area contributed by atoms with E-state index in [4.69, 9.17) is 38.7 Å². The van der Waals surface area contributed by atoms with Crippen molar-refractivity contribution in [1.29, 1.82) is 0 Å². The summed E-state index contributed by atoms with van der Waals surface area (Å²) in [6.07, 6.45) is 3.08. The molecule has 38 heavy (non-hydrogen) atoms. The third kappa shape index (κ3) is 4.97. The molecular weight excluding hydrogens is 529 g/mol. The van der Waals surface area contributed by atoms with E-state index in [0.717, 1.165) is 5.56 Å². The van der Waals surface area contributed by atoms with Crippen molar-refractivity contribution in [2.75, 3.05) is 24.4 Å². The fraction of sp³-hybridized carbons (Fsp3) is 0.269. The van der Waals surface area contributed by atoms with Gasteiger partial charge in [0, 0.05) is 30.9 Å². The predicted molar refractivity (Wildman–Crippen MR) is 150 cm³/mol. The molecule has 0 spiro atoms. The van der Waals surface area contributed by atoms with E-state index in [2.05, 4.69) is 15.3 Å². The van der Waals surface area contributed by atoms with Crippen LogP contribution in [0.1, 0.15) is 25.5 Å². The first kappa shape index (κ1) is 27.2. The minimum absolute atomic E-state index is 0.0223. The Morgan fingerprint density at radius 3 is 2.47 bits per heavy atom. The lowest BCUT2D eigenvalue weighted by Gasteiger charge is -2.29. The van der Waals surface area contributed by atoms with Gasteiger partial charge in [0.1, 0.15) is 16.4 Å². The molecule has 0 aliphatic carbocycles. The number of rotatable bonds is 7. The maximum Gasteiger partial charge on any atom is 0.275 e. The van der Waals surface area contributed by atoms with Gasteiger partial charge >= 0.3 is 0 Å². The van der Waals surface area contributed by atoms with E-state index in [9.17, 15) is 9.59 Å². The average molecular weight is 556 g/mol. The molecule has 0 radical (unpaired) electrons. The number of aliphatic imine (C=N–C) groups is 1. The zero-order valence-corrected chi connectivity index (χ0v) is 23.0. The van der Waals surface area contributed by atoms with Crippen LogP contribution in [0, 0.1) is 5.92 Å². The summed E-state index contributed by atoms with van der Waals surface area (Å²) >= 11 is 12.4.